The lowest BCUT2D eigenvalue weighted by atomic mass is 9.71. The molecule has 0 unspecified atom stereocenters. The van der Waals surface area contributed by atoms with Crippen molar-refractivity contribution in [3.8, 4) is 0 Å². The molecule has 2 fully saturated rings. The highest BCUT2D eigenvalue weighted by atomic mass is 16.3. The molecule has 4 aromatic rings. The van der Waals surface area contributed by atoms with Gasteiger partial charge in [-0.2, -0.15) is 0 Å². The summed E-state index contributed by atoms with van der Waals surface area (Å²) in [5, 5.41) is 9.67. The van der Waals surface area contributed by atoms with E-state index in [4.69, 9.17) is 15.9 Å². The van der Waals surface area contributed by atoms with Gasteiger partial charge in [0.1, 0.15) is 23.7 Å². The van der Waals surface area contributed by atoms with Gasteiger partial charge in [-0.15, -0.1) is 0 Å². The summed E-state index contributed by atoms with van der Waals surface area (Å²) < 4.78 is 5.42. The van der Waals surface area contributed by atoms with Crippen molar-refractivity contribution >= 4 is 40.5 Å². The number of nitrogens with one attached hydrogen (secondary N) is 3. The van der Waals surface area contributed by atoms with E-state index in [1.54, 1.807) is 12.3 Å². The molecule has 2 aliphatic heterocycles. The van der Waals surface area contributed by atoms with E-state index >= 15 is 0 Å². The number of likely N-dealkylation sites (tertiary alicyclic amines) is 2. The summed E-state index contributed by atoms with van der Waals surface area (Å²) in [6.45, 7) is 6.68. The van der Waals surface area contributed by atoms with Crippen LogP contribution in [-0.2, 0) is 32.0 Å². The molecule has 1 spiro atoms. The van der Waals surface area contributed by atoms with E-state index in [9.17, 15) is 24.0 Å². The van der Waals surface area contributed by atoms with Gasteiger partial charge in [0.05, 0.1) is 12.3 Å². The minimum absolute atomic E-state index is 0.0108. The van der Waals surface area contributed by atoms with Crippen molar-refractivity contribution in [2.45, 2.75) is 89.4 Å². The van der Waals surface area contributed by atoms with Crippen LogP contribution in [0.4, 0.5) is 0 Å². The number of carbonyl (C=O) groups excluding carboxylic acids is 5. The first-order chi connectivity index (χ1) is 28.4. The Hall–Kier alpha value is -5.53. The molecule has 5 amide bonds. The number of nitrogens with two attached hydrogens (primary N) is 2. The quantitative estimate of drug-likeness (QED) is 0.0934. The first-order valence-corrected chi connectivity index (χ1v) is 20.9. The zero-order chi connectivity index (χ0) is 41.9. The molecule has 0 radical (unpaired) electrons. The number of benzene rings is 3. The van der Waals surface area contributed by atoms with Gasteiger partial charge in [0.15, 0.2) is 0 Å². The highest BCUT2D eigenvalue weighted by Gasteiger charge is 2.48. The maximum atomic E-state index is 14.1. The van der Waals surface area contributed by atoms with E-state index in [2.05, 4.69) is 16.0 Å². The summed E-state index contributed by atoms with van der Waals surface area (Å²) in [5.74, 6) is -1.60. The van der Waals surface area contributed by atoms with Crippen molar-refractivity contribution in [3.63, 3.8) is 0 Å². The molecule has 6 rings (SSSR count). The first kappa shape index (κ1) is 43.1. The van der Waals surface area contributed by atoms with Crippen LogP contribution in [-0.4, -0.2) is 96.2 Å². The number of unbranched alkanes of at least 4 members (excludes halogenated alkanes) is 1. The predicted molar refractivity (Wildman–Crippen MR) is 227 cm³/mol. The second kappa shape index (κ2) is 20.0. The van der Waals surface area contributed by atoms with Crippen LogP contribution >= 0.6 is 0 Å². The van der Waals surface area contributed by atoms with E-state index in [1.165, 1.54) is 0 Å². The van der Waals surface area contributed by atoms with Crippen molar-refractivity contribution < 1.29 is 28.4 Å². The fraction of sp³-hybridized carbons (Fsp3) is 0.457. The van der Waals surface area contributed by atoms with Crippen molar-refractivity contribution in [1.82, 2.24) is 25.8 Å². The Morgan fingerprint density at radius 1 is 0.729 bits per heavy atom. The average Bonchev–Trinajstić information content (AvgIpc) is 3.70. The van der Waals surface area contributed by atoms with Gasteiger partial charge < -0.3 is 41.6 Å². The van der Waals surface area contributed by atoms with E-state index in [1.807, 2.05) is 103 Å². The molecule has 0 aliphatic carbocycles. The summed E-state index contributed by atoms with van der Waals surface area (Å²) >= 11 is 0. The lowest BCUT2D eigenvalue weighted by molar-refractivity contribution is -0.141. The maximum Gasteiger partial charge on any atom is 0.253 e. The summed E-state index contributed by atoms with van der Waals surface area (Å²) in [7, 11) is 0. The normalized spacial score (nSPS) is 16.8. The fourth-order valence-electron chi connectivity index (χ4n) is 8.22. The number of carbonyl (C=O) groups is 5. The second-order valence-electron chi connectivity index (χ2n) is 16.7. The van der Waals surface area contributed by atoms with Gasteiger partial charge in [-0.3, -0.25) is 24.0 Å². The second-order valence-corrected chi connectivity index (χ2v) is 16.7. The lowest BCUT2D eigenvalue weighted by Gasteiger charge is -2.54. The SMILES string of the molecule is CC(C)C[C@@H](NC(=O)[C@@H](Cc1ccccc1)NC(=O)[C@H](N)Cc1ccccc1)C(=O)N[C@H](CCCCN)C(=O)N1CCC2(CC1)CN(C(=O)c1ccc3occc3c1)C2. The third kappa shape index (κ3) is 11.4. The Morgan fingerprint density at radius 2 is 1.34 bits per heavy atom. The van der Waals surface area contributed by atoms with Crippen LogP contribution in [0.15, 0.2) is 95.6 Å². The molecule has 59 heavy (non-hydrogen) atoms. The van der Waals surface area contributed by atoms with Gasteiger partial charge in [-0.25, -0.2) is 0 Å². The standard InChI is InChI=1S/C46H59N7O6/c1-31(2)25-38(51-43(56)39(27-33-13-7-4-8-14-33)50-41(54)36(48)26-32-11-5-3-6-12-32)42(55)49-37(15-9-10-21-47)45(58)52-22-19-46(20-23-52)29-53(30-46)44(57)35-16-17-40-34(28-35)18-24-59-40/h3-8,11-14,16-18,24,28,31,36-39H,9-10,15,19-23,25-27,29-30,47-48H2,1-2H3,(H,49,55)(H,50,54)(H,51,56)/t36-,37-,38-,39-/m1/s1. The van der Waals surface area contributed by atoms with Crippen molar-refractivity contribution in [1.29, 1.82) is 0 Å². The Kier molecular flexibility index (Phi) is 14.6. The van der Waals surface area contributed by atoms with E-state index in [-0.39, 0.29) is 29.6 Å². The lowest BCUT2D eigenvalue weighted by Crippen LogP contribution is -2.63. The predicted octanol–water partition coefficient (Wildman–Crippen LogP) is 3.94. The first-order valence-electron chi connectivity index (χ1n) is 20.9. The Bertz CT molecular complexity index is 2040. The smallest absolute Gasteiger partial charge is 0.253 e. The third-order valence-electron chi connectivity index (χ3n) is 11.6. The van der Waals surface area contributed by atoms with Gasteiger partial charge in [0, 0.05) is 49.0 Å². The molecule has 13 nitrogen and oxygen atoms in total. The molecule has 0 saturated carbocycles. The Balaban J connectivity index is 1.08. The van der Waals surface area contributed by atoms with Crippen molar-refractivity contribution in [2.24, 2.45) is 22.8 Å². The summed E-state index contributed by atoms with van der Waals surface area (Å²) in [6.07, 6.45) is 5.66. The number of rotatable bonds is 18. The molecule has 0 bridgehead atoms. The van der Waals surface area contributed by atoms with Crippen LogP contribution in [0.3, 0.4) is 0 Å². The molecule has 1 aromatic heterocycles. The molecular formula is C46H59N7O6. The van der Waals surface area contributed by atoms with Crippen molar-refractivity contribution in [2.75, 3.05) is 32.7 Å². The minimum atomic E-state index is -1.00. The molecule has 2 saturated heterocycles. The number of amides is 5. The number of nitrogens with zero attached hydrogens (tertiary/aromatic N) is 2. The summed E-state index contributed by atoms with van der Waals surface area (Å²) in [5.41, 5.74) is 15.2. The molecule has 4 atom stereocenters. The molecule has 3 aromatic carbocycles. The van der Waals surface area contributed by atoms with Gasteiger partial charge >= 0.3 is 0 Å². The molecule has 314 valence electrons. The average molecular weight is 806 g/mol. The van der Waals surface area contributed by atoms with Crippen LogP contribution < -0.4 is 27.4 Å². The zero-order valence-electron chi connectivity index (χ0n) is 34.2. The van der Waals surface area contributed by atoms with E-state index < -0.39 is 41.9 Å². The number of hydrogen-bond acceptors (Lipinski definition) is 8. The minimum Gasteiger partial charge on any atom is -0.464 e. The Labute approximate surface area is 346 Å². The molecule has 3 heterocycles. The number of fused-ring (bicyclic) bond motifs is 1. The van der Waals surface area contributed by atoms with Crippen LogP contribution in [0.25, 0.3) is 11.0 Å². The maximum absolute atomic E-state index is 14.1. The summed E-state index contributed by atoms with van der Waals surface area (Å²) in [4.78, 5) is 72.7. The topological polar surface area (TPSA) is 193 Å². The van der Waals surface area contributed by atoms with Crippen LogP contribution in [0.5, 0.6) is 0 Å². The van der Waals surface area contributed by atoms with Crippen LogP contribution in [0, 0.1) is 11.3 Å². The Morgan fingerprint density at radius 3 is 1.98 bits per heavy atom. The van der Waals surface area contributed by atoms with Crippen molar-refractivity contribution in [3.05, 3.63) is 108 Å². The molecule has 2 aliphatic rings. The van der Waals surface area contributed by atoms with Crippen LogP contribution in [0.2, 0.25) is 0 Å². The van der Waals surface area contributed by atoms with E-state index in [0.717, 1.165) is 34.9 Å². The largest absolute Gasteiger partial charge is 0.464 e. The molecule has 7 N–H and O–H groups in total. The number of piperidine rings is 1. The van der Waals surface area contributed by atoms with Gasteiger partial charge in [-0.1, -0.05) is 74.5 Å². The fourth-order valence-corrected chi connectivity index (χ4v) is 8.22. The van der Waals surface area contributed by atoms with Gasteiger partial charge in [0.2, 0.25) is 23.6 Å². The molecular weight excluding hydrogens is 747 g/mol. The number of furan rings is 1. The summed E-state index contributed by atoms with van der Waals surface area (Å²) in [6, 6.07) is 22.4. The molecule has 13 heteroatoms. The number of hydrogen-bond donors (Lipinski definition) is 5. The van der Waals surface area contributed by atoms with Gasteiger partial charge in [0.25, 0.3) is 5.91 Å². The van der Waals surface area contributed by atoms with Crippen LogP contribution in [0.1, 0.15) is 73.9 Å². The van der Waals surface area contributed by atoms with E-state index in [0.29, 0.717) is 70.4 Å². The highest BCUT2D eigenvalue weighted by Crippen LogP contribution is 2.41. The monoisotopic (exact) mass is 805 g/mol. The zero-order valence-corrected chi connectivity index (χ0v) is 34.2. The highest BCUT2D eigenvalue weighted by molar-refractivity contribution is 5.98. The third-order valence-corrected chi connectivity index (χ3v) is 11.6. The van der Waals surface area contributed by atoms with Gasteiger partial charge in [-0.05, 0) is 92.8 Å².